The van der Waals surface area contributed by atoms with Crippen molar-refractivity contribution in [3.05, 3.63) is 23.8 Å². The van der Waals surface area contributed by atoms with E-state index < -0.39 is 5.92 Å². The third kappa shape index (κ3) is 3.38. The second-order valence-electron chi connectivity index (χ2n) is 2.56. The lowest BCUT2D eigenvalue weighted by atomic mass is 10.1. The van der Waals surface area contributed by atoms with E-state index in [4.69, 9.17) is 0 Å². The van der Waals surface area contributed by atoms with Gasteiger partial charge in [0, 0.05) is 6.92 Å². The number of hydrogen-bond acceptors (Lipinski definition) is 0. The maximum Gasteiger partial charge on any atom is 0.266 e. The Morgan fingerprint density at radius 3 is 1.90 bits per heavy atom. The van der Waals surface area contributed by atoms with Gasteiger partial charge in [0.25, 0.3) is 5.92 Å². The molecule has 0 spiro atoms. The highest BCUT2D eigenvalue weighted by Gasteiger charge is 2.22. The molecule has 0 rings (SSSR count). The molecule has 0 saturated heterocycles. The summed E-state index contributed by atoms with van der Waals surface area (Å²) in [4.78, 5) is 0. The molecule has 0 aliphatic rings. The first-order valence-electron chi connectivity index (χ1n) is 3.06. The summed E-state index contributed by atoms with van der Waals surface area (Å²) in [6.45, 7) is 7.46. The van der Waals surface area contributed by atoms with Crippen molar-refractivity contribution in [1.29, 1.82) is 0 Å². The number of alkyl halides is 2. The summed E-state index contributed by atoms with van der Waals surface area (Å²) >= 11 is 0. The van der Waals surface area contributed by atoms with E-state index in [1.54, 1.807) is 6.92 Å². The molecular formula is C8H12F2. The average molecular weight is 146 g/mol. The molecule has 0 aliphatic carbocycles. The van der Waals surface area contributed by atoms with Crippen LogP contribution >= 0.6 is 0 Å². The normalized spacial score (nSPS) is 13.5. The maximum atomic E-state index is 12.4. The van der Waals surface area contributed by atoms with Crippen LogP contribution in [0, 0.1) is 0 Å². The van der Waals surface area contributed by atoms with Crippen LogP contribution in [0.15, 0.2) is 23.8 Å². The Morgan fingerprint density at radius 2 is 1.80 bits per heavy atom. The zero-order valence-electron chi connectivity index (χ0n) is 6.54. The van der Waals surface area contributed by atoms with E-state index in [1.165, 1.54) is 13.0 Å². The molecule has 0 saturated carbocycles. The Kier molecular flexibility index (Phi) is 2.76. The number of halogens is 2. The van der Waals surface area contributed by atoms with E-state index in [0.29, 0.717) is 5.57 Å². The fourth-order valence-corrected chi connectivity index (χ4v) is 0.496. The van der Waals surface area contributed by atoms with E-state index in [2.05, 4.69) is 6.58 Å². The molecule has 0 N–H and O–H groups in total. The van der Waals surface area contributed by atoms with Crippen LogP contribution in [-0.2, 0) is 0 Å². The van der Waals surface area contributed by atoms with Crippen molar-refractivity contribution in [3.8, 4) is 0 Å². The maximum absolute atomic E-state index is 12.4. The number of rotatable bonds is 2. The third-order valence-corrected chi connectivity index (χ3v) is 1.16. The molecule has 0 aliphatic heterocycles. The predicted molar refractivity (Wildman–Crippen MR) is 39.2 cm³/mol. The first kappa shape index (κ1) is 9.34. The minimum Gasteiger partial charge on any atom is -0.202 e. The Bertz CT molecular complexity index is 161. The lowest BCUT2D eigenvalue weighted by Gasteiger charge is -2.09. The van der Waals surface area contributed by atoms with Crippen molar-refractivity contribution in [2.75, 3.05) is 0 Å². The van der Waals surface area contributed by atoms with Crippen LogP contribution in [0.2, 0.25) is 0 Å². The van der Waals surface area contributed by atoms with Gasteiger partial charge in [0.15, 0.2) is 0 Å². The van der Waals surface area contributed by atoms with Gasteiger partial charge in [0.1, 0.15) is 0 Å². The van der Waals surface area contributed by atoms with Gasteiger partial charge >= 0.3 is 0 Å². The highest BCUT2D eigenvalue weighted by molar-refractivity contribution is 5.21. The van der Waals surface area contributed by atoms with Crippen LogP contribution < -0.4 is 0 Å². The summed E-state index contributed by atoms with van der Waals surface area (Å²) in [7, 11) is 0. The van der Waals surface area contributed by atoms with Gasteiger partial charge in [-0.15, -0.1) is 0 Å². The van der Waals surface area contributed by atoms with Gasteiger partial charge in [-0.2, -0.15) is 0 Å². The Morgan fingerprint density at radius 1 is 1.40 bits per heavy atom. The Balaban J connectivity index is 4.35. The van der Waals surface area contributed by atoms with E-state index >= 15 is 0 Å². The Labute approximate surface area is 60.2 Å². The first-order chi connectivity index (χ1) is 4.34. The molecule has 0 nitrogen and oxygen atoms in total. The van der Waals surface area contributed by atoms with Gasteiger partial charge in [-0.3, -0.25) is 0 Å². The molecule has 0 aromatic heterocycles. The summed E-state index contributed by atoms with van der Waals surface area (Å²) in [5.41, 5.74) is 0.707. The molecule has 0 atom stereocenters. The molecule has 0 bridgehead atoms. The van der Waals surface area contributed by atoms with E-state index in [1.807, 2.05) is 0 Å². The molecule has 0 radical (unpaired) electrons. The van der Waals surface area contributed by atoms with E-state index in [9.17, 15) is 8.78 Å². The summed E-state index contributed by atoms with van der Waals surface area (Å²) in [5.74, 6) is -2.71. The second-order valence-corrected chi connectivity index (χ2v) is 2.56. The van der Waals surface area contributed by atoms with Crippen molar-refractivity contribution in [3.63, 3.8) is 0 Å². The predicted octanol–water partition coefficient (Wildman–Crippen LogP) is 3.16. The molecule has 0 aromatic carbocycles. The van der Waals surface area contributed by atoms with Crippen molar-refractivity contribution in [2.45, 2.75) is 26.7 Å². The molecule has 0 heterocycles. The monoisotopic (exact) mass is 146 g/mol. The van der Waals surface area contributed by atoms with Crippen LogP contribution in [0.3, 0.4) is 0 Å². The summed E-state index contributed by atoms with van der Waals surface area (Å²) in [5, 5.41) is 0. The molecule has 0 unspecified atom stereocenters. The molecular weight excluding hydrogens is 134 g/mol. The van der Waals surface area contributed by atoms with Crippen molar-refractivity contribution < 1.29 is 8.78 Å². The lowest BCUT2D eigenvalue weighted by molar-refractivity contribution is 0.0635. The van der Waals surface area contributed by atoms with Crippen LogP contribution in [0.25, 0.3) is 0 Å². The SMILES string of the molecule is C=C(C)/C=C(\C)C(C)(F)F. The van der Waals surface area contributed by atoms with Gasteiger partial charge in [0.2, 0.25) is 0 Å². The zero-order chi connectivity index (χ0) is 8.36. The molecule has 58 valence electrons. The fourth-order valence-electron chi connectivity index (χ4n) is 0.496. The zero-order valence-corrected chi connectivity index (χ0v) is 6.54. The summed E-state index contributed by atoms with van der Waals surface area (Å²) < 4.78 is 24.7. The van der Waals surface area contributed by atoms with Gasteiger partial charge in [0.05, 0.1) is 0 Å². The van der Waals surface area contributed by atoms with Crippen molar-refractivity contribution >= 4 is 0 Å². The highest BCUT2D eigenvalue weighted by Crippen LogP contribution is 2.22. The Hall–Kier alpha value is -0.660. The first-order valence-corrected chi connectivity index (χ1v) is 3.06. The van der Waals surface area contributed by atoms with Gasteiger partial charge in [-0.1, -0.05) is 18.2 Å². The smallest absolute Gasteiger partial charge is 0.202 e. The summed E-state index contributed by atoms with van der Waals surface area (Å²) in [6, 6.07) is 0. The van der Waals surface area contributed by atoms with Crippen LogP contribution in [0.5, 0.6) is 0 Å². The molecule has 2 heteroatoms. The van der Waals surface area contributed by atoms with Crippen molar-refractivity contribution in [1.82, 2.24) is 0 Å². The quantitative estimate of drug-likeness (QED) is 0.525. The molecule has 0 amide bonds. The molecule has 0 aromatic rings. The van der Waals surface area contributed by atoms with Crippen LogP contribution in [0.1, 0.15) is 20.8 Å². The van der Waals surface area contributed by atoms with Crippen molar-refractivity contribution in [2.24, 2.45) is 0 Å². The number of hydrogen-bond donors (Lipinski definition) is 0. The standard InChI is InChI=1S/C8H12F2/c1-6(2)5-7(3)8(4,9)10/h5H,1H2,2-4H3/b7-5+. The molecule has 10 heavy (non-hydrogen) atoms. The average Bonchev–Trinajstić information content (AvgIpc) is 1.60. The van der Waals surface area contributed by atoms with Crippen LogP contribution in [0.4, 0.5) is 8.78 Å². The third-order valence-electron chi connectivity index (χ3n) is 1.16. The van der Waals surface area contributed by atoms with Gasteiger partial charge in [-0.05, 0) is 19.4 Å². The van der Waals surface area contributed by atoms with E-state index in [-0.39, 0.29) is 5.57 Å². The van der Waals surface area contributed by atoms with Crippen LogP contribution in [-0.4, -0.2) is 5.92 Å². The fraction of sp³-hybridized carbons (Fsp3) is 0.500. The minimum atomic E-state index is -2.71. The lowest BCUT2D eigenvalue weighted by Crippen LogP contribution is -2.10. The minimum absolute atomic E-state index is 0.0556. The topological polar surface area (TPSA) is 0 Å². The van der Waals surface area contributed by atoms with Gasteiger partial charge < -0.3 is 0 Å². The second kappa shape index (κ2) is 2.95. The molecule has 0 fully saturated rings. The van der Waals surface area contributed by atoms with E-state index in [0.717, 1.165) is 6.92 Å². The summed E-state index contributed by atoms with van der Waals surface area (Å²) in [6.07, 6.45) is 1.39. The highest BCUT2D eigenvalue weighted by atomic mass is 19.3. The largest absolute Gasteiger partial charge is 0.266 e. The van der Waals surface area contributed by atoms with Gasteiger partial charge in [-0.25, -0.2) is 8.78 Å². The number of allylic oxidation sites excluding steroid dienone is 3.